The van der Waals surface area contributed by atoms with E-state index >= 15 is 0 Å². The molecule has 1 aromatic carbocycles. The van der Waals surface area contributed by atoms with Gasteiger partial charge in [-0.25, -0.2) is 0 Å². The first-order chi connectivity index (χ1) is 15.9. The molecule has 0 unspecified atom stereocenters. The zero-order chi connectivity index (χ0) is 23.2. The molecule has 5 rings (SSSR count). The van der Waals surface area contributed by atoms with Crippen LogP contribution in [-0.2, 0) is 11.3 Å². The third-order valence-corrected chi connectivity index (χ3v) is 6.95. The molecule has 1 saturated carbocycles. The summed E-state index contributed by atoms with van der Waals surface area (Å²) >= 11 is 0. The lowest BCUT2D eigenvalue weighted by Crippen LogP contribution is -2.65. The number of nitrogens with one attached hydrogen (secondary N) is 1. The van der Waals surface area contributed by atoms with Gasteiger partial charge in [0.15, 0.2) is 5.76 Å². The molecule has 172 valence electrons. The second-order valence-electron chi connectivity index (χ2n) is 9.56. The maximum absolute atomic E-state index is 13.9. The molecule has 7 heteroatoms. The van der Waals surface area contributed by atoms with E-state index in [2.05, 4.69) is 10.4 Å². The molecule has 0 saturated heterocycles. The zero-order valence-corrected chi connectivity index (χ0v) is 19.4. The van der Waals surface area contributed by atoms with Crippen molar-refractivity contribution in [1.82, 2.24) is 15.1 Å². The monoisotopic (exact) mass is 446 g/mol. The summed E-state index contributed by atoms with van der Waals surface area (Å²) in [5, 5.41) is 7.88. The molecule has 1 atom stereocenters. The van der Waals surface area contributed by atoms with Crippen molar-refractivity contribution < 1.29 is 14.0 Å². The summed E-state index contributed by atoms with van der Waals surface area (Å²) in [7, 11) is 0. The van der Waals surface area contributed by atoms with E-state index in [1.165, 1.54) is 6.42 Å². The van der Waals surface area contributed by atoms with Gasteiger partial charge in [-0.15, -0.1) is 0 Å². The van der Waals surface area contributed by atoms with Gasteiger partial charge in [-0.05, 0) is 57.4 Å². The van der Waals surface area contributed by atoms with Crippen molar-refractivity contribution in [2.45, 2.75) is 71.0 Å². The Morgan fingerprint density at radius 1 is 1.15 bits per heavy atom. The molecule has 2 aliphatic rings. The Kier molecular flexibility index (Phi) is 5.35. The van der Waals surface area contributed by atoms with Gasteiger partial charge in [-0.3, -0.25) is 19.2 Å². The maximum atomic E-state index is 13.9. The van der Waals surface area contributed by atoms with Gasteiger partial charge < -0.3 is 9.73 Å². The Morgan fingerprint density at radius 2 is 1.94 bits per heavy atom. The smallest absolute Gasteiger partial charge is 0.277 e. The standard InChI is InChI=1S/C26H30N4O3/c1-17-11-12-21(18(2)14-17)30-24(31)22-15-20(23-10-7-13-33-23)28-29(22)16-26(30,3)25(32)27-19-8-5-4-6-9-19/h7,10-15,19H,4-6,8-9,16H2,1-3H3,(H,27,32)/t26-/m0/s1. The molecular formula is C26H30N4O3. The molecule has 7 nitrogen and oxygen atoms in total. The van der Waals surface area contributed by atoms with Crippen LogP contribution < -0.4 is 10.2 Å². The molecule has 0 spiro atoms. The van der Waals surface area contributed by atoms with Crippen LogP contribution in [0.15, 0.2) is 47.1 Å². The molecule has 3 heterocycles. The second kappa shape index (κ2) is 8.21. The van der Waals surface area contributed by atoms with Crippen LogP contribution in [-0.4, -0.2) is 33.2 Å². The van der Waals surface area contributed by atoms with Crippen molar-refractivity contribution in [3.8, 4) is 11.5 Å². The average molecular weight is 447 g/mol. The highest BCUT2D eigenvalue weighted by molar-refractivity contribution is 6.12. The summed E-state index contributed by atoms with van der Waals surface area (Å²) in [4.78, 5) is 29.3. The van der Waals surface area contributed by atoms with Gasteiger partial charge >= 0.3 is 0 Å². The molecule has 2 aromatic heterocycles. The van der Waals surface area contributed by atoms with Crippen LogP contribution in [0, 0.1) is 13.8 Å². The van der Waals surface area contributed by atoms with Crippen LogP contribution in [0.3, 0.4) is 0 Å². The summed E-state index contributed by atoms with van der Waals surface area (Å²) in [6.07, 6.45) is 7.00. The van der Waals surface area contributed by atoms with Crippen molar-refractivity contribution in [3.05, 3.63) is 59.5 Å². The van der Waals surface area contributed by atoms with Crippen molar-refractivity contribution in [2.75, 3.05) is 4.90 Å². The predicted octanol–water partition coefficient (Wildman–Crippen LogP) is 4.63. The van der Waals surface area contributed by atoms with E-state index in [0.29, 0.717) is 17.1 Å². The Balaban J connectivity index is 1.58. The first kappa shape index (κ1) is 21.5. The number of aromatic nitrogens is 2. The van der Waals surface area contributed by atoms with Crippen LogP contribution in [0.25, 0.3) is 11.5 Å². The number of fused-ring (bicyclic) bond motifs is 1. The summed E-state index contributed by atoms with van der Waals surface area (Å²) in [5.74, 6) is 0.222. The average Bonchev–Trinajstić information content (AvgIpc) is 3.46. The topological polar surface area (TPSA) is 80.4 Å². The number of carbonyl (C=O) groups excluding carboxylic acids is 2. The van der Waals surface area contributed by atoms with E-state index in [1.807, 2.05) is 45.0 Å². The zero-order valence-electron chi connectivity index (χ0n) is 19.4. The summed E-state index contributed by atoms with van der Waals surface area (Å²) in [5.41, 5.74) is 2.73. The third-order valence-electron chi connectivity index (χ3n) is 6.95. The lowest BCUT2D eigenvalue weighted by molar-refractivity contribution is -0.127. The van der Waals surface area contributed by atoms with Gasteiger partial charge in [0.2, 0.25) is 5.91 Å². The fraction of sp³-hybridized carbons (Fsp3) is 0.423. The third kappa shape index (κ3) is 3.75. The number of aryl methyl sites for hydroxylation is 2. The number of rotatable bonds is 4. The minimum absolute atomic E-state index is 0.136. The number of hydrogen-bond acceptors (Lipinski definition) is 4. The molecule has 1 aliphatic heterocycles. The van der Waals surface area contributed by atoms with Crippen molar-refractivity contribution in [3.63, 3.8) is 0 Å². The fourth-order valence-corrected chi connectivity index (χ4v) is 5.15. The molecule has 0 bridgehead atoms. The molecule has 0 radical (unpaired) electrons. The molecule has 1 aliphatic carbocycles. The SMILES string of the molecule is Cc1ccc(N2C(=O)c3cc(-c4ccco4)nn3C[C@@]2(C)C(=O)NC2CCCCC2)c(C)c1. The Labute approximate surface area is 193 Å². The Morgan fingerprint density at radius 3 is 2.64 bits per heavy atom. The minimum atomic E-state index is -1.12. The molecule has 33 heavy (non-hydrogen) atoms. The van der Waals surface area contributed by atoms with Gasteiger partial charge in [-0.1, -0.05) is 37.0 Å². The van der Waals surface area contributed by atoms with Crippen LogP contribution in [0.2, 0.25) is 0 Å². The Hall–Kier alpha value is -3.35. The van der Waals surface area contributed by atoms with Gasteiger partial charge in [0, 0.05) is 17.8 Å². The van der Waals surface area contributed by atoms with E-state index in [4.69, 9.17) is 4.42 Å². The highest BCUT2D eigenvalue weighted by atomic mass is 16.3. The maximum Gasteiger partial charge on any atom is 0.277 e. The van der Waals surface area contributed by atoms with Crippen molar-refractivity contribution in [2.24, 2.45) is 0 Å². The highest BCUT2D eigenvalue weighted by Crippen LogP contribution is 2.36. The first-order valence-electron chi connectivity index (χ1n) is 11.7. The molecule has 2 amide bonds. The molecule has 1 N–H and O–H groups in total. The summed E-state index contributed by atoms with van der Waals surface area (Å²) in [6.45, 7) is 6.12. The predicted molar refractivity (Wildman–Crippen MR) is 126 cm³/mol. The van der Waals surface area contributed by atoms with Crippen molar-refractivity contribution in [1.29, 1.82) is 0 Å². The van der Waals surface area contributed by atoms with E-state index in [0.717, 1.165) is 42.5 Å². The Bertz CT molecular complexity index is 1190. The van der Waals surface area contributed by atoms with E-state index in [9.17, 15) is 9.59 Å². The van der Waals surface area contributed by atoms with Crippen LogP contribution in [0.4, 0.5) is 5.69 Å². The highest BCUT2D eigenvalue weighted by Gasteiger charge is 2.49. The van der Waals surface area contributed by atoms with E-state index in [-0.39, 0.29) is 24.4 Å². The number of nitrogens with zero attached hydrogens (tertiary/aromatic N) is 3. The largest absolute Gasteiger partial charge is 0.463 e. The van der Waals surface area contributed by atoms with Crippen molar-refractivity contribution >= 4 is 17.5 Å². The van der Waals surface area contributed by atoms with Gasteiger partial charge in [0.25, 0.3) is 5.91 Å². The number of hydrogen-bond donors (Lipinski definition) is 1. The van der Waals surface area contributed by atoms with Gasteiger partial charge in [0.05, 0.1) is 12.8 Å². The molecule has 1 fully saturated rings. The van der Waals surface area contributed by atoms with Gasteiger partial charge in [0.1, 0.15) is 16.9 Å². The lowest BCUT2D eigenvalue weighted by Gasteiger charge is -2.44. The van der Waals surface area contributed by atoms with E-state index in [1.54, 1.807) is 28.0 Å². The number of amides is 2. The number of benzene rings is 1. The number of carbonyl (C=O) groups is 2. The summed E-state index contributed by atoms with van der Waals surface area (Å²) in [6, 6.07) is 11.5. The summed E-state index contributed by atoms with van der Waals surface area (Å²) < 4.78 is 7.15. The van der Waals surface area contributed by atoms with E-state index < -0.39 is 5.54 Å². The van der Waals surface area contributed by atoms with Crippen LogP contribution in [0.1, 0.15) is 60.6 Å². The van der Waals surface area contributed by atoms with Gasteiger partial charge in [-0.2, -0.15) is 5.10 Å². The quantitative estimate of drug-likeness (QED) is 0.634. The first-order valence-corrected chi connectivity index (χ1v) is 11.7. The van der Waals surface area contributed by atoms with Crippen LogP contribution >= 0.6 is 0 Å². The minimum Gasteiger partial charge on any atom is -0.463 e. The fourth-order valence-electron chi connectivity index (χ4n) is 5.15. The lowest BCUT2D eigenvalue weighted by atomic mass is 9.90. The molecular weight excluding hydrogens is 416 g/mol. The molecule has 3 aromatic rings. The number of furan rings is 1. The number of anilines is 1. The van der Waals surface area contributed by atoms with Crippen LogP contribution in [0.5, 0.6) is 0 Å². The second-order valence-corrected chi connectivity index (χ2v) is 9.56. The normalized spacial score (nSPS) is 21.2.